The summed E-state index contributed by atoms with van der Waals surface area (Å²) in [4.78, 5) is 13.8. The van der Waals surface area contributed by atoms with Crippen LogP contribution in [0.2, 0.25) is 0 Å². The van der Waals surface area contributed by atoms with Gasteiger partial charge in [-0.05, 0) is 36.2 Å². The molecule has 0 aliphatic heterocycles. The Labute approximate surface area is 117 Å². The standard InChI is InChI=1S/C16H17FN2O/c1-19(10-9-12-5-2-3-8-15(12)17)16(20)13-6-4-7-14(18)11-13/h2-8,11H,9-10,18H2,1H3. The maximum atomic E-state index is 13.5. The minimum Gasteiger partial charge on any atom is -0.399 e. The lowest BCUT2D eigenvalue weighted by molar-refractivity contribution is 0.0796. The Morgan fingerprint density at radius 2 is 1.95 bits per heavy atom. The predicted molar refractivity (Wildman–Crippen MR) is 77.9 cm³/mol. The Bertz CT molecular complexity index is 613. The van der Waals surface area contributed by atoms with Crippen LogP contribution in [0.3, 0.4) is 0 Å². The van der Waals surface area contributed by atoms with Crippen LogP contribution in [0.4, 0.5) is 10.1 Å². The van der Waals surface area contributed by atoms with Crippen LogP contribution < -0.4 is 5.73 Å². The second-order valence-electron chi connectivity index (χ2n) is 4.69. The third kappa shape index (κ3) is 3.35. The van der Waals surface area contributed by atoms with Gasteiger partial charge in [0.2, 0.25) is 0 Å². The average Bonchev–Trinajstić information content (AvgIpc) is 2.45. The minimum absolute atomic E-state index is 0.117. The van der Waals surface area contributed by atoms with Gasteiger partial charge in [-0.2, -0.15) is 0 Å². The molecule has 3 nitrogen and oxygen atoms in total. The number of carbonyl (C=O) groups excluding carboxylic acids is 1. The highest BCUT2D eigenvalue weighted by atomic mass is 19.1. The Kier molecular flexibility index (Phi) is 4.35. The summed E-state index contributed by atoms with van der Waals surface area (Å²) in [6.07, 6.45) is 0.483. The number of nitrogens with two attached hydrogens (primary N) is 1. The van der Waals surface area contributed by atoms with Crippen molar-refractivity contribution >= 4 is 11.6 Å². The number of nitrogen functional groups attached to an aromatic ring is 1. The molecule has 0 saturated heterocycles. The molecule has 0 aromatic heterocycles. The van der Waals surface area contributed by atoms with Crippen molar-refractivity contribution in [2.75, 3.05) is 19.3 Å². The first-order valence-corrected chi connectivity index (χ1v) is 6.42. The van der Waals surface area contributed by atoms with Crippen LogP contribution in [-0.2, 0) is 6.42 Å². The number of rotatable bonds is 4. The largest absolute Gasteiger partial charge is 0.399 e. The molecule has 0 fully saturated rings. The molecule has 2 aromatic carbocycles. The van der Waals surface area contributed by atoms with E-state index in [0.717, 1.165) is 0 Å². The first-order chi connectivity index (χ1) is 9.58. The quantitative estimate of drug-likeness (QED) is 0.870. The number of anilines is 1. The summed E-state index contributed by atoms with van der Waals surface area (Å²) in [6.45, 7) is 0.453. The van der Waals surface area contributed by atoms with Gasteiger partial charge in [0.25, 0.3) is 5.91 Å². The van der Waals surface area contributed by atoms with E-state index in [0.29, 0.717) is 29.8 Å². The fourth-order valence-corrected chi connectivity index (χ4v) is 1.98. The van der Waals surface area contributed by atoms with Crippen LogP contribution in [0, 0.1) is 5.82 Å². The molecule has 0 atom stereocenters. The number of hydrogen-bond acceptors (Lipinski definition) is 2. The SMILES string of the molecule is CN(CCc1ccccc1F)C(=O)c1cccc(N)c1. The number of carbonyl (C=O) groups is 1. The maximum absolute atomic E-state index is 13.5. The molecular weight excluding hydrogens is 255 g/mol. The third-order valence-electron chi connectivity index (χ3n) is 3.15. The van der Waals surface area contributed by atoms with Gasteiger partial charge in [-0.25, -0.2) is 4.39 Å². The molecule has 0 saturated carbocycles. The van der Waals surface area contributed by atoms with Crippen LogP contribution in [0.15, 0.2) is 48.5 Å². The molecule has 0 spiro atoms. The van der Waals surface area contributed by atoms with Crippen molar-refractivity contribution in [3.8, 4) is 0 Å². The number of benzene rings is 2. The molecule has 0 aliphatic carbocycles. The molecule has 104 valence electrons. The highest BCUT2D eigenvalue weighted by Gasteiger charge is 2.12. The second-order valence-corrected chi connectivity index (χ2v) is 4.69. The van der Waals surface area contributed by atoms with Crippen molar-refractivity contribution in [3.05, 3.63) is 65.5 Å². The zero-order valence-corrected chi connectivity index (χ0v) is 11.3. The number of nitrogens with zero attached hydrogens (tertiary/aromatic N) is 1. The lowest BCUT2D eigenvalue weighted by Crippen LogP contribution is -2.29. The van der Waals surface area contributed by atoms with Crippen molar-refractivity contribution in [3.63, 3.8) is 0 Å². The fraction of sp³-hybridized carbons (Fsp3) is 0.188. The molecule has 0 heterocycles. The molecule has 0 unspecified atom stereocenters. The fourth-order valence-electron chi connectivity index (χ4n) is 1.98. The zero-order valence-electron chi connectivity index (χ0n) is 11.3. The monoisotopic (exact) mass is 272 g/mol. The topological polar surface area (TPSA) is 46.3 Å². The van der Waals surface area contributed by atoms with Gasteiger partial charge in [-0.15, -0.1) is 0 Å². The summed E-state index contributed by atoms with van der Waals surface area (Å²) in [7, 11) is 1.70. The van der Waals surface area contributed by atoms with Crippen molar-refractivity contribution in [1.82, 2.24) is 4.90 Å². The highest BCUT2D eigenvalue weighted by Crippen LogP contribution is 2.11. The molecule has 2 rings (SSSR count). The first-order valence-electron chi connectivity index (χ1n) is 6.42. The zero-order chi connectivity index (χ0) is 14.5. The van der Waals surface area contributed by atoms with E-state index in [4.69, 9.17) is 5.73 Å². The van der Waals surface area contributed by atoms with E-state index in [-0.39, 0.29) is 11.7 Å². The van der Waals surface area contributed by atoms with Gasteiger partial charge in [0, 0.05) is 24.8 Å². The van der Waals surface area contributed by atoms with Crippen LogP contribution in [0.1, 0.15) is 15.9 Å². The smallest absolute Gasteiger partial charge is 0.253 e. The van der Waals surface area contributed by atoms with Crippen LogP contribution in [-0.4, -0.2) is 24.4 Å². The third-order valence-corrected chi connectivity index (χ3v) is 3.15. The van der Waals surface area contributed by atoms with Gasteiger partial charge < -0.3 is 10.6 Å². The van der Waals surface area contributed by atoms with Gasteiger partial charge >= 0.3 is 0 Å². The summed E-state index contributed by atoms with van der Waals surface area (Å²) in [5.41, 5.74) is 7.37. The van der Waals surface area contributed by atoms with E-state index in [1.807, 2.05) is 0 Å². The number of likely N-dealkylation sites (N-methyl/N-ethyl adjacent to an activating group) is 1. The molecule has 0 aliphatic rings. The normalized spacial score (nSPS) is 10.3. The van der Waals surface area contributed by atoms with Crippen molar-refractivity contribution in [2.24, 2.45) is 0 Å². The molecular formula is C16H17FN2O. The van der Waals surface area contributed by atoms with E-state index in [1.165, 1.54) is 6.07 Å². The summed E-state index contributed by atoms with van der Waals surface area (Å²) < 4.78 is 13.5. The summed E-state index contributed by atoms with van der Waals surface area (Å²) in [6, 6.07) is 13.4. The second kappa shape index (κ2) is 6.19. The Balaban J connectivity index is 2.00. The Morgan fingerprint density at radius 3 is 2.65 bits per heavy atom. The van der Waals surface area contributed by atoms with Crippen LogP contribution in [0.25, 0.3) is 0 Å². The van der Waals surface area contributed by atoms with Crippen molar-refractivity contribution in [1.29, 1.82) is 0 Å². The van der Waals surface area contributed by atoms with Crippen LogP contribution >= 0.6 is 0 Å². The lowest BCUT2D eigenvalue weighted by Gasteiger charge is -2.17. The Morgan fingerprint density at radius 1 is 1.20 bits per heavy atom. The molecule has 0 bridgehead atoms. The summed E-state index contributed by atoms with van der Waals surface area (Å²) >= 11 is 0. The molecule has 2 aromatic rings. The predicted octanol–water partition coefficient (Wildman–Crippen LogP) is 2.72. The molecule has 0 radical (unpaired) electrons. The molecule has 20 heavy (non-hydrogen) atoms. The van der Waals surface area contributed by atoms with Gasteiger partial charge in [0.1, 0.15) is 5.82 Å². The van der Waals surface area contributed by atoms with E-state index < -0.39 is 0 Å². The van der Waals surface area contributed by atoms with Crippen LogP contribution in [0.5, 0.6) is 0 Å². The number of halogens is 1. The molecule has 2 N–H and O–H groups in total. The van der Waals surface area contributed by atoms with Gasteiger partial charge in [-0.3, -0.25) is 4.79 Å². The molecule has 4 heteroatoms. The minimum atomic E-state index is -0.239. The van der Waals surface area contributed by atoms with E-state index >= 15 is 0 Å². The van der Waals surface area contributed by atoms with Crippen molar-refractivity contribution in [2.45, 2.75) is 6.42 Å². The van der Waals surface area contributed by atoms with Gasteiger partial charge in [-0.1, -0.05) is 24.3 Å². The average molecular weight is 272 g/mol. The van der Waals surface area contributed by atoms with Gasteiger partial charge in [0.05, 0.1) is 0 Å². The summed E-state index contributed by atoms with van der Waals surface area (Å²) in [5.74, 6) is -0.356. The van der Waals surface area contributed by atoms with E-state index in [1.54, 1.807) is 54.4 Å². The Hall–Kier alpha value is -2.36. The number of hydrogen-bond donors (Lipinski definition) is 1. The first kappa shape index (κ1) is 14.1. The van der Waals surface area contributed by atoms with E-state index in [2.05, 4.69) is 0 Å². The van der Waals surface area contributed by atoms with Crippen molar-refractivity contribution < 1.29 is 9.18 Å². The van der Waals surface area contributed by atoms with E-state index in [9.17, 15) is 9.18 Å². The number of amides is 1. The molecule has 1 amide bonds. The van der Waals surface area contributed by atoms with Gasteiger partial charge in [0.15, 0.2) is 0 Å². The lowest BCUT2D eigenvalue weighted by atomic mass is 10.1. The summed E-state index contributed by atoms with van der Waals surface area (Å²) in [5, 5.41) is 0. The highest BCUT2D eigenvalue weighted by molar-refractivity contribution is 5.94. The maximum Gasteiger partial charge on any atom is 0.253 e.